The number of carbonyl (C=O) groups excluding carboxylic acids is 2. The lowest BCUT2D eigenvalue weighted by molar-refractivity contribution is -0.124. The Morgan fingerprint density at radius 3 is 2.48 bits per heavy atom. The monoisotopic (exact) mass is 414 g/mol. The van der Waals surface area contributed by atoms with Gasteiger partial charge in [0.15, 0.2) is 11.5 Å². The van der Waals surface area contributed by atoms with Gasteiger partial charge in [0.25, 0.3) is 5.91 Å². The van der Waals surface area contributed by atoms with E-state index in [1.807, 2.05) is 37.3 Å². The smallest absolute Gasteiger partial charge is 0.255 e. The summed E-state index contributed by atoms with van der Waals surface area (Å²) in [5.74, 6) is 1.26. The highest BCUT2D eigenvalue weighted by Gasteiger charge is 2.42. The van der Waals surface area contributed by atoms with E-state index in [-0.39, 0.29) is 17.2 Å². The Labute approximate surface area is 175 Å². The number of methoxy groups -OCH3 is 2. The first-order chi connectivity index (χ1) is 14.1. The Hall–Kier alpha value is -2.67. The van der Waals surface area contributed by atoms with Crippen LogP contribution in [0.4, 0.5) is 0 Å². The van der Waals surface area contributed by atoms with Gasteiger partial charge >= 0.3 is 0 Å². The van der Waals surface area contributed by atoms with Crippen molar-refractivity contribution in [1.82, 2.24) is 10.2 Å². The largest absolute Gasteiger partial charge is 0.493 e. The molecule has 154 valence electrons. The Bertz CT molecular complexity index is 859. The lowest BCUT2D eigenvalue weighted by Gasteiger charge is -2.29. The molecule has 0 aliphatic carbocycles. The van der Waals surface area contributed by atoms with E-state index in [0.717, 1.165) is 12.0 Å². The first kappa shape index (κ1) is 21.0. The van der Waals surface area contributed by atoms with E-state index in [0.29, 0.717) is 29.4 Å². The molecule has 2 amide bonds. The van der Waals surface area contributed by atoms with Crippen LogP contribution in [0.25, 0.3) is 0 Å². The minimum absolute atomic E-state index is 0.119. The van der Waals surface area contributed by atoms with E-state index in [1.165, 1.54) is 7.11 Å². The van der Waals surface area contributed by atoms with Crippen LogP contribution >= 0.6 is 11.8 Å². The second-order valence-corrected chi connectivity index (χ2v) is 7.80. The summed E-state index contributed by atoms with van der Waals surface area (Å²) in [6, 6.07) is 14.3. The third-order valence-corrected chi connectivity index (χ3v) is 6.13. The Morgan fingerprint density at radius 2 is 1.83 bits per heavy atom. The van der Waals surface area contributed by atoms with Gasteiger partial charge in [0.1, 0.15) is 11.4 Å². The number of hydrogen-bond donors (Lipinski definition) is 1. The lowest BCUT2D eigenvalue weighted by atomic mass is 10.1. The topological polar surface area (TPSA) is 67.9 Å². The third kappa shape index (κ3) is 4.50. The van der Waals surface area contributed by atoms with Crippen LogP contribution in [0.3, 0.4) is 0 Å². The zero-order valence-corrected chi connectivity index (χ0v) is 17.7. The lowest BCUT2D eigenvalue weighted by Crippen LogP contribution is -2.48. The van der Waals surface area contributed by atoms with Gasteiger partial charge in [-0.05, 0) is 30.2 Å². The van der Waals surface area contributed by atoms with Gasteiger partial charge in [0, 0.05) is 17.9 Å². The summed E-state index contributed by atoms with van der Waals surface area (Å²) in [5, 5.41) is 2.70. The Morgan fingerprint density at radius 1 is 1.10 bits per heavy atom. The molecule has 2 atom stereocenters. The van der Waals surface area contributed by atoms with Crippen LogP contribution in [0.1, 0.15) is 34.6 Å². The predicted octanol–water partition coefficient (Wildman–Crippen LogP) is 3.49. The number of amides is 2. The molecule has 1 saturated heterocycles. The SMILES string of the molecule is CCCNC(=O)C1CSC(c2ccccc2)N1C(=O)c1ccc(OC)c(OC)c1. The fraction of sp³-hybridized carbons (Fsp3) is 0.364. The van der Waals surface area contributed by atoms with Crippen molar-refractivity contribution < 1.29 is 19.1 Å². The average Bonchev–Trinajstić information content (AvgIpc) is 3.22. The molecule has 1 aliphatic rings. The highest BCUT2D eigenvalue weighted by atomic mass is 32.2. The van der Waals surface area contributed by atoms with Gasteiger partial charge in [-0.15, -0.1) is 11.8 Å². The molecule has 0 spiro atoms. The molecule has 1 aliphatic heterocycles. The molecule has 1 N–H and O–H groups in total. The van der Waals surface area contributed by atoms with E-state index in [9.17, 15) is 9.59 Å². The summed E-state index contributed by atoms with van der Waals surface area (Å²) in [6.45, 7) is 2.59. The third-order valence-electron chi connectivity index (χ3n) is 4.80. The van der Waals surface area contributed by atoms with Crippen LogP contribution in [0.2, 0.25) is 0 Å². The summed E-state index contributed by atoms with van der Waals surface area (Å²) in [6.07, 6.45) is 0.845. The molecule has 1 heterocycles. The standard InChI is InChI=1S/C22H26N2O4S/c1-4-12-23-20(25)17-14-29-22(15-8-6-5-7-9-15)24(17)21(26)16-10-11-18(27-2)19(13-16)28-3/h5-11,13,17,22H,4,12,14H2,1-3H3,(H,23,25). The number of hydrogen-bond acceptors (Lipinski definition) is 5. The fourth-order valence-electron chi connectivity index (χ4n) is 3.32. The molecule has 0 aromatic heterocycles. The maximum absolute atomic E-state index is 13.5. The maximum Gasteiger partial charge on any atom is 0.255 e. The number of carbonyl (C=O) groups is 2. The first-order valence-corrected chi connectivity index (χ1v) is 10.6. The van der Waals surface area contributed by atoms with E-state index < -0.39 is 6.04 Å². The maximum atomic E-state index is 13.5. The van der Waals surface area contributed by atoms with Crippen molar-refractivity contribution in [1.29, 1.82) is 0 Å². The normalized spacial score (nSPS) is 18.4. The van der Waals surface area contributed by atoms with Gasteiger partial charge in [-0.25, -0.2) is 0 Å². The number of nitrogens with one attached hydrogen (secondary N) is 1. The summed E-state index contributed by atoms with van der Waals surface area (Å²) >= 11 is 1.60. The Kier molecular flexibility index (Phi) is 7.04. The molecule has 0 bridgehead atoms. The van der Waals surface area contributed by atoms with Gasteiger partial charge in [-0.1, -0.05) is 37.3 Å². The predicted molar refractivity (Wildman–Crippen MR) is 114 cm³/mol. The summed E-state index contributed by atoms with van der Waals surface area (Å²) in [7, 11) is 3.08. The van der Waals surface area contributed by atoms with Gasteiger partial charge in [0.2, 0.25) is 5.91 Å². The molecule has 6 nitrogen and oxygen atoms in total. The molecule has 2 aromatic carbocycles. The molecule has 29 heavy (non-hydrogen) atoms. The van der Waals surface area contributed by atoms with Crippen LogP contribution in [0.5, 0.6) is 11.5 Å². The summed E-state index contributed by atoms with van der Waals surface area (Å²) < 4.78 is 10.6. The highest BCUT2D eigenvalue weighted by Crippen LogP contribution is 2.42. The zero-order chi connectivity index (χ0) is 20.8. The van der Waals surface area contributed by atoms with Crippen LogP contribution in [-0.2, 0) is 4.79 Å². The van der Waals surface area contributed by atoms with E-state index in [4.69, 9.17) is 9.47 Å². The van der Waals surface area contributed by atoms with Gasteiger partial charge < -0.3 is 19.7 Å². The number of rotatable bonds is 7. The first-order valence-electron chi connectivity index (χ1n) is 9.59. The van der Waals surface area contributed by atoms with Crippen molar-refractivity contribution in [3.8, 4) is 11.5 Å². The number of thioether (sulfide) groups is 1. The summed E-state index contributed by atoms with van der Waals surface area (Å²) in [4.78, 5) is 28.0. The molecular weight excluding hydrogens is 388 g/mol. The van der Waals surface area contributed by atoms with E-state index in [1.54, 1.807) is 42.0 Å². The van der Waals surface area contributed by atoms with Gasteiger partial charge in [-0.2, -0.15) is 0 Å². The molecule has 1 fully saturated rings. The van der Waals surface area contributed by atoms with Crippen LogP contribution in [0.15, 0.2) is 48.5 Å². The molecule has 2 unspecified atom stereocenters. The molecular formula is C22H26N2O4S. The Balaban J connectivity index is 1.96. The average molecular weight is 415 g/mol. The van der Waals surface area contributed by atoms with Crippen molar-refractivity contribution in [2.24, 2.45) is 0 Å². The molecule has 7 heteroatoms. The number of ether oxygens (including phenoxy) is 2. The zero-order valence-electron chi connectivity index (χ0n) is 16.9. The highest BCUT2D eigenvalue weighted by molar-refractivity contribution is 7.99. The van der Waals surface area contributed by atoms with Crippen LogP contribution in [-0.4, -0.2) is 49.3 Å². The van der Waals surface area contributed by atoms with Crippen LogP contribution < -0.4 is 14.8 Å². The van der Waals surface area contributed by atoms with Crippen molar-refractivity contribution in [3.05, 3.63) is 59.7 Å². The van der Waals surface area contributed by atoms with E-state index >= 15 is 0 Å². The van der Waals surface area contributed by atoms with Crippen molar-refractivity contribution in [2.45, 2.75) is 24.8 Å². The summed E-state index contributed by atoms with van der Waals surface area (Å²) in [5.41, 5.74) is 1.46. The van der Waals surface area contributed by atoms with Crippen molar-refractivity contribution in [3.63, 3.8) is 0 Å². The molecule has 2 aromatic rings. The van der Waals surface area contributed by atoms with Crippen LogP contribution in [0, 0.1) is 0 Å². The molecule has 0 saturated carbocycles. The number of nitrogens with zero attached hydrogens (tertiary/aromatic N) is 1. The minimum atomic E-state index is -0.530. The van der Waals surface area contributed by atoms with Gasteiger partial charge in [0.05, 0.1) is 14.2 Å². The molecule has 3 rings (SSSR count). The van der Waals surface area contributed by atoms with E-state index in [2.05, 4.69) is 5.32 Å². The second kappa shape index (κ2) is 9.69. The fourth-order valence-corrected chi connectivity index (χ4v) is 4.74. The second-order valence-electron chi connectivity index (χ2n) is 6.69. The minimum Gasteiger partial charge on any atom is -0.493 e. The number of benzene rings is 2. The molecule has 0 radical (unpaired) electrons. The van der Waals surface area contributed by atoms with Gasteiger partial charge in [-0.3, -0.25) is 9.59 Å². The van der Waals surface area contributed by atoms with Crippen molar-refractivity contribution in [2.75, 3.05) is 26.5 Å². The van der Waals surface area contributed by atoms with Crippen molar-refractivity contribution >= 4 is 23.6 Å². The quantitative estimate of drug-likeness (QED) is 0.751.